The van der Waals surface area contributed by atoms with E-state index in [1.807, 2.05) is 48.5 Å². The fourth-order valence-electron chi connectivity index (χ4n) is 6.37. The number of ether oxygens (including phenoxy) is 1. The summed E-state index contributed by atoms with van der Waals surface area (Å²) in [6.07, 6.45) is 0. The molecule has 1 aliphatic rings. The number of nitrogens with zero attached hydrogens (tertiary/aromatic N) is 3. The number of benzene rings is 7. The lowest BCUT2D eigenvalue weighted by Crippen LogP contribution is -2.00. The van der Waals surface area contributed by atoms with Crippen molar-refractivity contribution in [1.82, 2.24) is 15.0 Å². The Balaban J connectivity index is 1.11. The molecule has 0 N–H and O–H groups in total. The fourth-order valence-corrected chi connectivity index (χ4v) is 6.37. The molecule has 1 aliphatic heterocycles. The van der Waals surface area contributed by atoms with Crippen LogP contribution in [0.25, 0.3) is 78.3 Å². The van der Waals surface area contributed by atoms with Crippen molar-refractivity contribution >= 4 is 10.8 Å². The van der Waals surface area contributed by atoms with E-state index < -0.39 is 0 Å². The molecule has 0 unspecified atom stereocenters. The Kier molecular flexibility index (Phi) is 6.43. The first-order valence-corrected chi connectivity index (χ1v) is 15.7. The Morgan fingerprint density at radius 1 is 0.319 bits per heavy atom. The van der Waals surface area contributed by atoms with E-state index in [9.17, 15) is 0 Å². The highest BCUT2D eigenvalue weighted by atomic mass is 16.5. The molecule has 0 amide bonds. The highest BCUT2D eigenvalue weighted by Gasteiger charge is 2.20. The molecule has 220 valence electrons. The Morgan fingerprint density at radius 3 is 1.57 bits per heavy atom. The Hall–Kier alpha value is -6.39. The topological polar surface area (TPSA) is 47.9 Å². The summed E-state index contributed by atoms with van der Waals surface area (Å²) in [5, 5.41) is 2.34. The van der Waals surface area contributed by atoms with Crippen LogP contribution in [0.5, 0.6) is 11.5 Å². The third-order valence-corrected chi connectivity index (χ3v) is 8.73. The largest absolute Gasteiger partial charge is 0.456 e. The second-order valence-corrected chi connectivity index (χ2v) is 11.7. The maximum atomic E-state index is 6.46. The van der Waals surface area contributed by atoms with Crippen molar-refractivity contribution in [3.8, 4) is 79.0 Å². The molecular formula is C43H27N3O. The lowest BCUT2D eigenvalue weighted by atomic mass is 9.92. The van der Waals surface area contributed by atoms with Crippen molar-refractivity contribution in [2.75, 3.05) is 0 Å². The van der Waals surface area contributed by atoms with E-state index in [2.05, 4.69) is 115 Å². The van der Waals surface area contributed by atoms with Gasteiger partial charge in [0.25, 0.3) is 0 Å². The molecule has 0 saturated carbocycles. The van der Waals surface area contributed by atoms with Crippen molar-refractivity contribution in [3.05, 3.63) is 164 Å². The van der Waals surface area contributed by atoms with E-state index in [4.69, 9.17) is 19.7 Å². The van der Waals surface area contributed by atoms with E-state index in [1.54, 1.807) is 0 Å². The summed E-state index contributed by atoms with van der Waals surface area (Å²) in [6.45, 7) is 0. The molecule has 0 bridgehead atoms. The first-order chi connectivity index (χ1) is 23.3. The van der Waals surface area contributed by atoms with Crippen LogP contribution in [0, 0.1) is 0 Å². The van der Waals surface area contributed by atoms with Crippen LogP contribution in [0.1, 0.15) is 0 Å². The van der Waals surface area contributed by atoms with Gasteiger partial charge in [0.05, 0.1) is 0 Å². The van der Waals surface area contributed by atoms with Gasteiger partial charge >= 0.3 is 0 Å². The van der Waals surface area contributed by atoms with E-state index in [1.165, 1.54) is 16.5 Å². The predicted molar refractivity (Wildman–Crippen MR) is 190 cm³/mol. The van der Waals surface area contributed by atoms with Crippen LogP contribution in [0.3, 0.4) is 0 Å². The summed E-state index contributed by atoms with van der Waals surface area (Å²) in [5.41, 5.74) is 9.52. The number of fused-ring (bicyclic) bond motifs is 2. The summed E-state index contributed by atoms with van der Waals surface area (Å²) in [4.78, 5) is 14.9. The van der Waals surface area contributed by atoms with Gasteiger partial charge in [-0.15, -0.1) is 0 Å². The third kappa shape index (κ3) is 4.93. The Morgan fingerprint density at radius 2 is 0.830 bits per heavy atom. The average Bonchev–Trinajstić information content (AvgIpc) is 3.15. The van der Waals surface area contributed by atoms with Crippen LogP contribution in [-0.2, 0) is 0 Å². The quantitative estimate of drug-likeness (QED) is 0.197. The predicted octanol–water partition coefficient (Wildman–Crippen LogP) is 11.1. The van der Waals surface area contributed by atoms with Crippen LogP contribution in [0.4, 0.5) is 0 Å². The molecule has 2 heterocycles. The zero-order valence-corrected chi connectivity index (χ0v) is 25.3. The van der Waals surface area contributed by atoms with Crippen LogP contribution >= 0.6 is 0 Å². The lowest BCUT2D eigenvalue weighted by molar-refractivity contribution is 0.487. The van der Waals surface area contributed by atoms with Crippen LogP contribution in [-0.4, -0.2) is 15.0 Å². The zero-order valence-electron chi connectivity index (χ0n) is 25.3. The van der Waals surface area contributed by atoms with Gasteiger partial charge in [-0.25, -0.2) is 15.0 Å². The third-order valence-electron chi connectivity index (χ3n) is 8.73. The van der Waals surface area contributed by atoms with Crippen LogP contribution in [0.15, 0.2) is 164 Å². The zero-order chi connectivity index (χ0) is 31.2. The minimum atomic E-state index is 0.623. The molecule has 0 atom stereocenters. The molecule has 0 saturated heterocycles. The van der Waals surface area contributed by atoms with Gasteiger partial charge in [0, 0.05) is 27.6 Å². The molecule has 0 spiro atoms. The van der Waals surface area contributed by atoms with Gasteiger partial charge in [-0.05, 0) is 57.5 Å². The van der Waals surface area contributed by atoms with Crippen molar-refractivity contribution in [2.45, 2.75) is 0 Å². The average molecular weight is 602 g/mol. The molecule has 1 aromatic heterocycles. The van der Waals surface area contributed by atoms with Gasteiger partial charge in [-0.1, -0.05) is 140 Å². The SMILES string of the molecule is c1ccc(-c2ccc(-c3nc(-c4ccccc4)nc(-c4cccc(-c5ccc6c(c5)Oc5cccc7cccc-6c57)c4)n3)cc2)cc1. The summed E-state index contributed by atoms with van der Waals surface area (Å²) in [5.74, 6) is 3.64. The molecule has 0 aliphatic carbocycles. The van der Waals surface area contributed by atoms with Crippen molar-refractivity contribution in [2.24, 2.45) is 0 Å². The van der Waals surface area contributed by atoms with Crippen molar-refractivity contribution in [1.29, 1.82) is 0 Å². The molecule has 8 aromatic rings. The molecule has 0 fully saturated rings. The van der Waals surface area contributed by atoms with Gasteiger partial charge in [0.1, 0.15) is 11.5 Å². The smallest absolute Gasteiger partial charge is 0.164 e. The lowest BCUT2D eigenvalue weighted by Gasteiger charge is -2.22. The first kappa shape index (κ1) is 27.0. The van der Waals surface area contributed by atoms with Crippen LogP contribution in [0.2, 0.25) is 0 Å². The summed E-state index contributed by atoms with van der Waals surface area (Å²) in [7, 11) is 0. The summed E-state index contributed by atoms with van der Waals surface area (Å²) in [6, 6.07) is 56.3. The molecule has 4 nitrogen and oxygen atoms in total. The van der Waals surface area contributed by atoms with Gasteiger partial charge in [-0.2, -0.15) is 0 Å². The molecular weight excluding hydrogens is 574 g/mol. The second kappa shape index (κ2) is 11.2. The molecule has 9 rings (SSSR count). The number of aromatic nitrogens is 3. The highest BCUT2D eigenvalue weighted by Crippen LogP contribution is 2.47. The fraction of sp³-hybridized carbons (Fsp3) is 0. The maximum Gasteiger partial charge on any atom is 0.164 e. The maximum absolute atomic E-state index is 6.46. The van der Waals surface area contributed by atoms with Crippen LogP contribution < -0.4 is 4.74 Å². The van der Waals surface area contributed by atoms with E-state index in [-0.39, 0.29) is 0 Å². The van der Waals surface area contributed by atoms with Crippen molar-refractivity contribution < 1.29 is 4.74 Å². The molecule has 4 heteroatoms. The van der Waals surface area contributed by atoms with E-state index >= 15 is 0 Å². The first-order valence-electron chi connectivity index (χ1n) is 15.7. The Labute approximate surface area is 272 Å². The van der Waals surface area contributed by atoms with E-state index in [0.29, 0.717) is 17.5 Å². The summed E-state index contributed by atoms with van der Waals surface area (Å²) >= 11 is 0. The normalized spacial score (nSPS) is 11.6. The minimum absolute atomic E-state index is 0.623. The van der Waals surface area contributed by atoms with E-state index in [0.717, 1.165) is 55.8 Å². The summed E-state index contributed by atoms with van der Waals surface area (Å²) < 4.78 is 6.46. The Bertz CT molecular complexity index is 2420. The number of hydrogen-bond donors (Lipinski definition) is 0. The van der Waals surface area contributed by atoms with Gasteiger partial charge in [-0.3, -0.25) is 0 Å². The standard InChI is InChI=1S/C43H27N3O/c1-3-10-28(11-4-1)29-20-22-32(23-21-29)42-44-41(31-12-5-2-6-13-31)45-43(46-42)35-17-7-16-33(26-35)34-24-25-36-37-18-8-14-30-15-9-19-38(40(30)37)47-39(36)27-34/h1-27H. The number of rotatable bonds is 5. The van der Waals surface area contributed by atoms with Gasteiger partial charge in [0.2, 0.25) is 0 Å². The molecule has 7 aromatic carbocycles. The van der Waals surface area contributed by atoms with Gasteiger partial charge in [0.15, 0.2) is 17.5 Å². The molecule has 47 heavy (non-hydrogen) atoms. The highest BCUT2D eigenvalue weighted by molar-refractivity contribution is 6.04. The minimum Gasteiger partial charge on any atom is -0.456 e. The van der Waals surface area contributed by atoms with Crippen molar-refractivity contribution in [3.63, 3.8) is 0 Å². The molecule has 0 radical (unpaired) electrons. The monoisotopic (exact) mass is 601 g/mol. The van der Waals surface area contributed by atoms with Gasteiger partial charge < -0.3 is 4.74 Å². The second-order valence-electron chi connectivity index (χ2n) is 11.7. The number of hydrogen-bond acceptors (Lipinski definition) is 4.